The number of carbonyl (C=O) groups is 2. The van der Waals surface area contributed by atoms with E-state index in [0.717, 1.165) is 5.56 Å². The van der Waals surface area contributed by atoms with E-state index in [9.17, 15) is 9.59 Å². The molecule has 1 N–H and O–H groups in total. The van der Waals surface area contributed by atoms with Crippen molar-refractivity contribution in [3.63, 3.8) is 0 Å². The predicted molar refractivity (Wildman–Crippen MR) is 93.7 cm³/mol. The lowest BCUT2D eigenvalue weighted by Crippen LogP contribution is -2.42. The van der Waals surface area contributed by atoms with Crippen molar-refractivity contribution in [2.24, 2.45) is 0 Å². The maximum atomic E-state index is 12.0. The van der Waals surface area contributed by atoms with Crippen LogP contribution in [0.15, 0.2) is 48.5 Å². The van der Waals surface area contributed by atoms with Crippen molar-refractivity contribution in [1.82, 2.24) is 5.32 Å². The lowest BCUT2D eigenvalue weighted by atomic mass is 10.1. The van der Waals surface area contributed by atoms with Crippen molar-refractivity contribution < 1.29 is 19.1 Å². The van der Waals surface area contributed by atoms with Crippen LogP contribution >= 0.6 is 0 Å². The maximum absolute atomic E-state index is 12.0. The second kappa shape index (κ2) is 7.25. The third-order valence-electron chi connectivity index (χ3n) is 3.97. The Hall–Kier alpha value is -3.02. The molecule has 130 valence electrons. The smallest absolute Gasteiger partial charge is 0.267 e. The zero-order chi connectivity index (χ0) is 17.8. The van der Waals surface area contributed by atoms with E-state index in [4.69, 9.17) is 9.47 Å². The van der Waals surface area contributed by atoms with Gasteiger partial charge in [0, 0.05) is 13.6 Å². The summed E-state index contributed by atoms with van der Waals surface area (Å²) in [4.78, 5) is 25.5. The van der Waals surface area contributed by atoms with E-state index in [0.29, 0.717) is 23.7 Å². The zero-order valence-corrected chi connectivity index (χ0v) is 14.2. The van der Waals surface area contributed by atoms with Gasteiger partial charge in [0.15, 0.2) is 12.7 Å². The molecule has 1 aliphatic heterocycles. The molecule has 6 nitrogen and oxygen atoms in total. The largest absolute Gasteiger partial charge is 0.484 e. The first-order valence-electron chi connectivity index (χ1n) is 8.06. The number of nitrogens with one attached hydrogen (secondary N) is 1. The lowest BCUT2D eigenvalue weighted by Gasteiger charge is -2.30. The van der Waals surface area contributed by atoms with Crippen molar-refractivity contribution >= 4 is 17.5 Å². The van der Waals surface area contributed by atoms with E-state index in [1.54, 1.807) is 31.0 Å². The number of hydrogen-bond acceptors (Lipinski definition) is 4. The molecule has 1 unspecified atom stereocenters. The minimum atomic E-state index is -0.488. The molecule has 2 amide bonds. The summed E-state index contributed by atoms with van der Waals surface area (Å²) in [5.74, 6) is 1.01. The summed E-state index contributed by atoms with van der Waals surface area (Å²) in [5, 5.41) is 2.80. The number of likely N-dealkylation sites (N-methyl/N-ethyl adjacent to an activating group) is 1. The van der Waals surface area contributed by atoms with Crippen molar-refractivity contribution in [1.29, 1.82) is 0 Å². The molecular weight excluding hydrogens is 320 g/mol. The first-order valence-corrected chi connectivity index (χ1v) is 8.06. The van der Waals surface area contributed by atoms with Gasteiger partial charge in [-0.3, -0.25) is 9.59 Å². The lowest BCUT2D eigenvalue weighted by molar-refractivity contribution is -0.125. The topological polar surface area (TPSA) is 67.9 Å². The van der Waals surface area contributed by atoms with Gasteiger partial charge >= 0.3 is 0 Å². The Labute approximate surface area is 146 Å². The number of rotatable bonds is 5. The summed E-state index contributed by atoms with van der Waals surface area (Å²) in [5.41, 5.74) is 1.58. The molecular formula is C19H20N2O4. The van der Waals surface area contributed by atoms with Gasteiger partial charge in [-0.1, -0.05) is 24.3 Å². The van der Waals surface area contributed by atoms with Crippen LogP contribution in [0.5, 0.6) is 11.5 Å². The van der Waals surface area contributed by atoms with Gasteiger partial charge in [0.25, 0.3) is 11.8 Å². The van der Waals surface area contributed by atoms with Gasteiger partial charge < -0.3 is 19.7 Å². The Balaban J connectivity index is 1.57. The first-order chi connectivity index (χ1) is 12.0. The van der Waals surface area contributed by atoms with Crippen LogP contribution in [0.1, 0.15) is 12.5 Å². The minimum absolute atomic E-state index is 0.0477. The van der Waals surface area contributed by atoms with Crippen LogP contribution < -0.4 is 19.7 Å². The molecule has 0 radical (unpaired) electrons. The average Bonchev–Trinajstić information content (AvgIpc) is 2.64. The number of benzene rings is 2. The standard InChI is InChI=1S/C19H20N2O4/c1-13-19(23)21(2)16-10-14(8-9-17(16)25-13)11-20-18(22)12-24-15-6-4-3-5-7-15/h3-10,13H,11-12H2,1-2H3,(H,20,22). The molecule has 0 aromatic heterocycles. The molecule has 6 heteroatoms. The molecule has 0 saturated heterocycles. The number of para-hydroxylation sites is 1. The van der Waals surface area contributed by atoms with Gasteiger partial charge in [-0.05, 0) is 36.8 Å². The second-order valence-corrected chi connectivity index (χ2v) is 5.84. The van der Waals surface area contributed by atoms with E-state index in [2.05, 4.69) is 5.32 Å². The number of nitrogens with zero attached hydrogens (tertiary/aromatic N) is 1. The van der Waals surface area contributed by atoms with Gasteiger partial charge in [-0.2, -0.15) is 0 Å². The Morgan fingerprint density at radius 1 is 1.24 bits per heavy atom. The first kappa shape index (κ1) is 16.8. The fourth-order valence-electron chi connectivity index (χ4n) is 2.58. The van der Waals surface area contributed by atoms with Crippen molar-refractivity contribution in [2.45, 2.75) is 19.6 Å². The summed E-state index contributed by atoms with van der Waals surface area (Å²) >= 11 is 0. The Morgan fingerprint density at radius 2 is 2.00 bits per heavy atom. The van der Waals surface area contributed by atoms with Crippen LogP contribution in [0, 0.1) is 0 Å². The van der Waals surface area contributed by atoms with Crippen molar-refractivity contribution in [2.75, 3.05) is 18.6 Å². The van der Waals surface area contributed by atoms with Gasteiger partial charge in [-0.15, -0.1) is 0 Å². The maximum Gasteiger partial charge on any atom is 0.267 e. The van der Waals surface area contributed by atoms with Crippen LogP contribution in [0.3, 0.4) is 0 Å². The molecule has 25 heavy (non-hydrogen) atoms. The summed E-state index contributed by atoms with van der Waals surface area (Å²) < 4.78 is 11.0. The summed E-state index contributed by atoms with van der Waals surface area (Å²) in [7, 11) is 1.72. The second-order valence-electron chi connectivity index (χ2n) is 5.84. The molecule has 0 aliphatic carbocycles. The van der Waals surface area contributed by atoms with Gasteiger partial charge in [0.1, 0.15) is 11.5 Å². The monoisotopic (exact) mass is 340 g/mol. The van der Waals surface area contributed by atoms with E-state index in [-0.39, 0.29) is 18.4 Å². The quantitative estimate of drug-likeness (QED) is 0.905. The Kier molecular flexibility index (Phi) is 4.88. The van der Waals surface area contributed by atoms with Crippen LogP contribution in [0.25, 0.3) is 0 Å². The average molecular weight is 340 g/mol. The van der Waals surface area contributed by atoms with Crippen LogP contribution in [0.4, 0.5) is 5.69 Å². The number of ether oxygens (including phenoxy) is 2. The van der Waals surface area contributed by atoms with E-state index in [1.807, 2.05) is 36.4 Å². The number of fused-ring (bicyclic) bond motifs is 1. The molecule has 1 heterocycles. The highest BCUT2D eigenvalue weighted by Gasteiger charge is 2.28. The van der Waals surface area contributed by atoms with Gasteiger partial charge in [0.05, 0.1) is 5.69 Å². The van der Waals surface area contributed by atoms with Gasteiger partial charge in [-0.25, -0.2) is 0 Å². The van der Waals surface area contributed by atoms with Crippen molar-refractivity contribution in [3.05, 3.63) is 54.1 Å². The molecule has 2 aromatic rings. The fraction of sp³-hybridized carbons (Fsp3) is 0.263. The molecule has 3 rings (SSSR count). The fourth-order valence-corrected chi connectivity index (χ4v) is 2.58. The predicted octanol–water partition coefficient (Wildman–Crippen LogP) is 2.13. The normalized spacial score (nSPS) is 16.0. The SMILES string of the molecule is CC1Oc2ccc(CNC(=O)COc3ccccc3)cc2N(C)C1=O. The summed E-state index contributed by atoms with van der Waals surface area (Å²) in [6, 6.07) is 14.7. The van der Waals surface area contributed by atoms with Crippen LogP contribution in [-0.4, -0.2) is 31.6 Å². The number of carbonyl (C=O) groups excluding carboxylic acids is 2. The molecule has 0 saturated carbocycles. The van der Waals surface area contributed by atoms with Crippen LogP contribution in [-0.2, 0) is 16.1 Å². The number of amides is 2. The highest BCUT2D eigenvalue weighted by atomic mass is 16.5. The highest BCUT2D eigenvalue weighted by molar-refractivity contribution is 5.99. The number of hydrogen-bond donors (Lipinski definition) is 1. The molecule has 1 atom stereocenters. The van der Waals surface area contributed by atoms with E-state index < -0.39 is 6.10 Å². The van der Waals surface area contributed by atoms with Crippen molar-refractivity contribution in [3.8, 4) is 11.5 Å². The highest BCUT2D eigenvalue weighted by Crippen LogP contribution is 2.33. The molecule has 1 aliphatic rings. The third-order valence-corrected chi connectivity index (χ3v) is 3.97. The molecule has 2 aromatic carbocycles. The zero-order valence-electron chi connectivity index (χ0n) is 14.2. The van der Waals surface area contributed by atoms with Crippen LogP contribution in [0.2, 0.25) is 0 Å². The van der Waals surface area contributed by atoms with E-state index >= 15 is 0 Å². The summed E-state index contributed by atoms with van der Waals surface area (Å²) in [6.45, 7) is 2.03. The Morgan fingerprint density at radius 3 is 2.76 bits per heavy atom. The molecule has 0 spiro atoms. The van der Waals surface area contributed by atoms with E-state index in [1.165, 1.54) is 0 Å². The number of anilines is 1. The molecule has 0 bridgehead atoms. The molecule has 0 fully saturated rings. The third kappa shape index (κ3) is 3.91. The Bertz CT molecular complexity index is 776. The minimum Gasteiger partial charge on any atom is -0.484 e. The van der Waals surface area contributed by atoms with Gasteiger partial charge in [0.2, 0.25) is 0 Å². The summed E-state index contributed by atoms with van der Waals surface area (Å²) in [6.07, 6.45) is -0.488.